The summed E-state index contributed by atoms with van der Waals surface area (Å²) >= 11 is 0. The van der Waals surface area contributed by atoms with Crippen molar-refractivity contribution in [3.63, 3.8) is 0 Å². The van der Waals surface area contributed by atoms with Crippen molar-refractivity contribution in [2.75, 3.05) is 19.8 Å². The minimum Gasteiger partial charge on any atom is -0.394 e. The van der Waals surface area contributed by atoms with Crippen LogP contribution in [0.2, 0.25) is 0 Å². The summed E-state index contributed by atoms with van der Waals surface area (Å²) in [6, 6.07) is 3.42. The van der Waals surface area contributed by atoms with E-state index in [4.69, 9.17) is 5.73 Å². The van der Waals surface area contributed by atoms with Crippen LogP contribution in [0.1, 0.15) is 13.1 Å². The summed E-state index contributed by atoms with van der Waals surface area (Å²) in [6.07, 6.45) is -0.330. The van der Waals surface area contributed by atoms with Gasteiger partial charge in [0.2, 0.25) is 0 Å². The highest BCUT2D eigenvalue weighted by Gasteiger charge is 2.16. The number of pyridine rings is 1. The molecule has 19 heavy (non-hydrogen) atoms. The SMILES string of the molecule is CC(N(C)C)n1c(=O)c(N)cc2cc(F)c(F)cc21. The number of anilines is 1. The number of fused-ring (bicyclic) bond motifs is 1. The maximum Gasteiger partial charge on any atom is 0.275 e. The maximum atomic E-state index is 13.4. The van der Waals surface area contributed by atoms with E-state index in [9.17, 15) is 13.6 Å². The number of hydrogen-bond acceptors (Lipinski definition) is 3. The third-order valence-corrected chi connectivity index (χ3v) is 3.23. The fourth-order valence-corrected chi connectivity index (χ4v) is 1.96. The molecule has 0 amide bonds. The van der Waals surface area contributed by atoms with Gasteiger partial charge < -0.3 is 5.73 Å². The van der Waals surface area contributed by atoms with E-state index in [-0.39, 0.29) is 11.9 Å². The van der Waals surface area contributed by atoms with Gasteiger partial charge in [-0.05, 0) is 33.2 Å². The van der Waals surface area contributed by atoms with E-state index in [0.717, 1.165) is 12.1 Å². The quantitative estimate of drug-likeness (QED) is 0.904. The Bertz CT molecular complexity index is 694. The lowest BCUT2D eigenvalue weighted by Crippen LogP contribution is -2.33. The second-order valence-electron chi connectivity index (χ2n) is 4.70. The van der Waals surface area contributed by atoms with Crippen LogP contribution in [-0.2, 0) is 0 Å². The summed E-state index contributed by atoms with van der Waals surface area (Å²) in [5.41, 5.74) is 5.55. The first-order valence-electron chi connectivity index (χ1n) is 5.79. The van der Waals surface area contributed by atoms with Crippen LogP contribution in [0, 0.1) is 11.6 Å². The van der Waals surface area contributed by atoms with Crippen molar-refractivity contribution in [2.45, 2.75) is 13.1 Å². The van der Waals surface area contributed by atoms with Gasteiger partial charge in [0.25, 0.3) is 5.56 Å². The molecule has 0 aliphatic rings. The highest BCUT2D eigenvalue weighted by molar-refractivity contribution is 5.82. The summed E-state index contributed by atoms with van der Waals surface area (Å²) in [4.78, 5) is 13.9. The predicted octanol–water partition coefficient (Wildman–Crippen LogP) is 1.94. The molecule has 102 valence electrons. The average Bonchev–Trinajstić information content (AvgIpc) is 2.33. The van der Waals surface area contributed by atoms with Gasteiger partial charge in [-0.2, -0.15) is 0 Å². The van der Waals surface area contributed by atoms with Gasteiger partial charge in [-0.1, -0.05) is 0 Å². The Morgan fingerprint density at radius 2 is 1.79 bits per heavy atom. The monoisotopic (exact) mass is 267 g/mol. The lowest BCUT2D eigenvalue weighted by atomic mass is 10.1. The van der Waals surface area contributed by atoms with Crippen LogP contribution in [0.5, 0.6) is 0 Å². The van der Waals surface area contributed by atoms with Crippen LogP contribution >= 0.6 is 0 Å². The van der Waals surface area contributed by atoms with Crippen molar-refractivity contribution < 1.29 is 8.78 Å². The molecule has 0 fully saturated rings. The lowest BCUT2D eigenvalue weighted by molar-refractivity contribution is 0.239. The van der Waals surface area contributed by atoms with E-state index in [0.29, 0.717) is 10.9 Å². The molecule has 4 nitrogen and oxygen atoms in total. The third kappa shape index (κ3) is 2.19. The van der Waals surface area contributed by atoms with Crippen molar-refractivity contribution in [2.24, 2.45) is 0 Å². The molecule has 6 heteroatoms. The molecule has 0 radical (unpaired) electrons. The number of aromatic nitrogens is 1. The second-order valence-corrected chi connectivity index (χ2v) is 4.70. The molecule has 0 bridgehead atoms. The number of hydrogen-bond donors (Lipinski definition) is 1. The summed E-state index contributed by atoms with van der Waals surface area (Å²) in [5.74, 6) is -1.95. The largest absolute Gasteiger partial charge is 0.394 e. The Hall–Kier alpha value is -1.95. The molecule has 1 atom stereocenters. The zero-order valence-electron chi connectivity index (χ0n) is 10.9. The zero-order chi connectivity index (χ0) is 14.3. The number of nitrogens with zero attached hydrogens (tertiary/aromatic N) is 2. The fraction of sp³-hybridized carbons (Fsp3) is 0.308. The maximum absolute atomic E-state index is 13.4. The molecule has 2 aromatic rings. The second kappa shape index (κ2) is 4.62. The molecule has 2 rings (SSSR count). The van der Waals surface area contributed by atoms with Gasteiger partial charge in [0.1, 0.15) is 0 Å². The molecular weight excluding hydrogens is 252 g/mol. The first-order valence-corrected chi connectivity index (χ1v) is 5.79. The first-order chi connectivity index (χ1) is 8.82. The number of rotatable bonds is 2. The van der Waals surface area contributed by atoms with E-state index < -0.39 is 17.2 Å². The third-order valence-electron chi connectivity index (χ3n) is 3.23. The van der Waals surface area contributed by atoms with Crippen LogP contribution in [0.4, 0.5) is 14.5 Å². The summed E-state index contributed by atoms with van der Waals surface area (Å²) in [7, 11) is 3.57. The molecule has 1 aromatic carbocycles. The van der Waals surface area contributed by atoms with Crippen LogP contribution in [0.15, 0.2) is 23.0 Å². The van der Waals surface area contributed by atoms with Gasteiger partial charge >= 0.3 is 0 Å². The average molecular weight is 267 g/mol. The van der Waals surface area contributed by atoms with Crippen LogP contribution < -0.4 is 11.3 Å². The Labute approximate surface area is 109 Å². The summed E-state index contributed by atoms with van der Waals surface area (Å²) in [6.45, 7) is 1.78. The highest BCUT2D eigenvalue weighted by Crippen LogP contribution is 2.22. The van der Waals surface area contributed by atoms with Crippen molar-refractivity contribution in [1.82, 2.24) is 9.47 Å². The topological polar surface area (TPSA) is 51.3 Å². The van der Waals surface area contributed by atoms with Gasteiger partial charge in [0.05, 0.1) is 17.4 Å². The Kier molecular flexibility index (Phi) is 3.28. The molecule has 1 unspecified atom stereocenters. The minimum atomic E-state index is -0.989. The first kappa shape index (κ1) is 13.5. The van der Waals surface area contributed by atoms with E-state index >= 15 is 0 Å². The number of nitrogens with two attached hydrogens (primary N) is 1. The van der Waals surface area contributed by atoms with Crippen LogP contribution in [-0.4, -0.2) is 23.6 Å². The summed E-state index contributed by atoms with van der Waals surface area (Å²) in [5, 5.41) is 0.393. The van der Waals surface area contributed by atoms with Gasteiger partial charge in [-0.25, -0.2) is 8.78 Å². The standard InChI is InChI=1S/C13H15F2N3O/c1-7(17(2)3)18-12-6-10(15)9(14)4-8(12)5-11(16)13(18)19/h4-7H,16H2,1-3H3. The van der Waals surface area contributed by atoms with E-state index in [1.807, 2.05) is 0 Å². The number of halogens is 2. The molecular formula is C13H15F2N3O. The Balaban J connectivity index is 2.90. The molecule has 0 spiro atoms. The van der Waals surface area contributed by atoms with Crippen molar-refractivity contribution in [1.29, 1.82) is 0 Å². The number of benzene rings is 1. The highest BCUT2D eigenvalue weighted by atomic mass is 19.2. The molecule has 0 aliphatic carbocycles. The Morgan fingerprint density at radius 1 is 1.21 bits per heavy atom. The van der Waals surface area contributed by atoms with Crippen molar-refractivity contribution in [3.05, 3.63) is 40.2 Å². The molecule has 0 saturated heterocycles. The molecule has 0 saturated carbocycles. The summed E-state index contributed by atoms with van der Waals surface area (Å²) < 4.78 is 28.0. The normalized spacial score (nSPS) is 13.2. The molecule has 2 N–H and O–H groups in total. The smallest absolute Gasteiger partial charge is 0.275 e. The van der Waals surface area contributed by atoms with E-state index in [1.165, 1.54) is 10.6 Å². The fourth-order valence-electron chi connectivity index (χ4n) is 1.96. The lowest BCUT2D eigenvalue weighted by Gasteiger charge is -2.24. The van der Waals surface area contributed by atoms with E-state index in [2.05, 4.69) is 0 Å². The van der Waals surface area contributed by atoms with Gasteiger partial charge in [-0.3, -0.25) is 14.3 Å². The van der Waals surface area contributed by atoms with Crippen molar-refractivity contribution >= 4 is 16.6 Å². The predicted molar refractivity (Wildman–Crippen MR) is 70.9 cm³/mol. The molecule has 1 heterocycles. The molecule has 0 aliphatic heterocycles. The van der Waals surface area contributed by atoms with Crippen molar-refractivity contribution in [3.8, 4) is 0 Å². The van der Waals surface area contributed by atoms with E-state index in [1.54, 1.807) is 25.9 Å². The van der Waals surface area contributed by atoms with Crippen LogP contribution in [0.25, 0.3) is 10.9 Å². The van der Waals surface area contributed by atoms with Gasteiger partial charge in [0, 0.05) is 11.5 Å². The minimum absolute atomic E-state index is 0.00667. The Morgan fingerprint density at radius 3 is 2.37 bits per heavy atom. The van der Waals surface area contributed by atoms with Crippen LogP contribution in [0.3, 0.4) is 0 Å². The number of nitrogen functional groups attached to an aromatic ring is 1. The zero-order valence-corrected chi connectivity index (χ0v) is 10.9. The van der Waals surface area contributed by atoms with Gasteiger partial charge in [0.15, 0.2) is 11.6 Å². The van der Waals surface area contributed by atoms with Gasteiger partial charge in [-0.15, -0.1) is 0 Å². The molecule has 1 aromatic heterocycles.